The second-order valence-corrected chi connectivity index (χ2v) is 9.27. The minimum Gasteiger partial charge on any atom is -0.356 e. The van der Waals surface area contributed by atoms with E-state index in [9.17, 15) is 13.7 Å². The second kappa shape index (κ2) is 7.97. The van der Waals surface area contributed by atoms with Crippen LogP contribution in [0.4, 0.5) is 11.8 Å². The molecule has 0 bridgehead atoms. The summed E-state index contributed by atoms with van der Waals surface area (Å²) in [5.74, 6) is 1.60. The average molecular weight is 413 g/mol. The van der Waals surface area contributed by atoms with Gasteiger partial charge in [-0.25, -0.2) is 13.4 Å². The van der Waals surface area contributed by atoms with Gasteiger partial charge in [-0.2, -0.15) is 14.6 Å². The molecule has 2 aliphatic rings. The lowest BCUT2D eigenvalue weighted by Crippen LogP contribution is -2.49. The molecule has 9 heteroatoms. The van der Waals surface area contributed by atoms with Gasteiger partial charge in [0.25, 0.3) is 0 Å². The van der Waals surface area contributed by atoms with Gasteiger partial charge >= 0.3 is 0 Å². The molecule has 1 aromatic heterocycles. The zero-order valence-corrected chi connectivity index (χ0v) is 17.3. The minimum atomic E-state index is -3.70. The van der Waals surface area contributed by atoms with Crippen molar-refractivity contribution >= 4 is 21.8 Å². The van der Waals surface area contributed by atoms with Gasteiger partial charge in [-0.05, 0) is 31.9 Å². The van der Waals surface area contributed by atoms with Gasteiger partial charge < -0.3 is 9.80 Å². The summed E-state index contributed by atoms with van der Waals surface area (Å²) in [6.07, 6.45) is 2.36. The van der Waals surface area contributed by atoms with Crippen molar-refractivity contribution in [3.63, 3.8) is 0 Å². The van der Waals surface area contributed by atoms with E-state index >= 15 is 0 Å². The van der Waals surface area contributed by atoms with Gasteiger partial charge in [-0.1, -0.05) is 12.1 Å². The molecule has 8 nitrogen and oxygen atoms in total. The third kappa shape index (κ3) is 3.91. The third-order valence-corrected chi connectivity index (χ3v) is 7.36. The first-order chi connectivity index (χ1) is 14.0. The predicted molar refractivity (Wildman–Crippen MR) is 110 cm³/mol. The van der Waals surface area contributed by atoms with E-state index in [0.717, 1.165) is 24.6 Å². The van der Waals surface area contributed by atoms with Crippen LogP contribution >= 0.6 is 0 Å². The number of hydrogen-bond acceptors (Lipinski definition) is 7. The monoisotopic (exact) mass is 412 g/mol. The Balaban J connectivity index is 1.50. The SMILES string of the molecule is Cc1cc(N2CCCC2)nc(N2CCN(S(=O)(=O)c3ccccc3C#N)CC2)n1. The Morgan fingerprint density at radius 3 is 2.34 bits per heavy atom. The fraction of sp³-hybridized carbons (Fsp3) is 0.450. The van der Waals surface area contributed by atoms with Crippen LogP contribution in [0.5, 0.6) is 0 Å². The Morgan fingerprint density at radius 1 is 0.966 bits per heavy atom. The smallest absolute Gasteiger partial charge is 0.244 e. The maximum absolute atomic E-state index is 13.0. The molecular formula is C20H24N6O2S. The number of nitriles is 1. The molecule has 3 heterocycles. The largest absolute Gasteiger partial charge is 0.356 e. The first-order valence-electron chi connectivity index (χ1n) is 9.84. The van der Waals surface area contributed by atoms with E-state index < -0.39 is 10.0 Å². The molecule has 0 N–H and O–H groups in total. The summed E-state index contributed by atoms with van der Waals surface area (Å²) >= 11 is 0. The van der Waals surface area contributed by atoms with Gasteiger partial charge in [0.1, 0.15) is 11.9 Å². The summed E-state index contributed by atoms with van der Waals surface area (Å²) in [6.45, 7) is 5.68. The van der Waals surface area contributed by atoms with Crippen LogP contribution in [0.1, 0.15) is 24.1 Å². The molecule has 2 aromatic rings. The lowest BCUT2D eigenvalue weighted by molar-refractivity contribution is 0.382. The van der Waals surface area contributed by atoms with Gasteiger partial charge in [0, 0.05) is 51.0 Å². The number of nitrogens with zero attached hydrogens (tertiary/aromatic N) is 6. The Bertz CT molecular complexity index is 1040. The van der Waals surface area contributed by atoms with E-state index in [1.54, 1.807) is 12.1 Å². The van der Waals surface area contributed by atoms with Crippen molar-refractivity contribution in [1.82, 2.24) is 14.3 Å². The van der Waals surface area contributed by atoms with Crippen molar-refractivity contribution in [1.29, 1.82) is 5.26 Å². The lowest BCUT2D eigenvalue weighted by atomic mass is 10.2. The van der Waals surface area contributed by atoms with E-state index in [1.165, 1.54) is 29.3 Å². The molecule has 2 fully saturated rings. The number of rotatable bonds is 4. The molecule has 0 saturated carbocycles. The van der Waals surface area contributed by atoms with Gasteiger partial charge in [0.15, 0.2) is 0 Å². The van der Waals surface area contributed by atoms with Crippen LogP contribution in [-0.2, 0) is 10.0 Å². The highest BCUT2D eigenvalue weighted by Gasteiger charge is 2.31. The Kier molecular flexibility index (Phi) is 5.39. The third-order valence-electron chi connectivity index (χ3n) is 5.41. The van der Waals surface area contributed by atoms with Gasteiger partial charge in [0.05, 0.1) is 10.5 Å². The van der Waals surface area contributed by atoms with Crippen molar-refractivity contribution in [3.8, 4) is 6.07 Å². The Labute approximate surface area is 171 Å². The molecule has 0 radical (unpaired) electrons. The topological polar surface area (TPSA) is 93.4 Å². The zero-order valence-electron chi connectivity index (χ0n) is 16.5. The van der Waals surface area contributed by atoms with Crippen molar-refractivity contribution in [2.45, 2.75) is 24.7 Å². The number of hydrogen-bond donors (Lipinski definition) is 0. The van der Waals surface area contributed by atoms with Crippen LogP contribution in [0.2, 0.25) is 0 Å². The van der Waals surface area contributed by atoms with Crippen molar-refractivity contribution in [2.75, 3.05) is 49.1 Å². The molecule has 152 valence electrons. The van der Waals surface area contributed by atoms with E-state index in [0.29, 0.717) is 32.1 Å². The molecule has 0 aliphatic carbocycles. The summed E-state index contributed by atoms with van der Waals surface area (Å²) < 4.78 is 27.5. The molecule has 4 rings (SSSR count). The summed E-state index contributed by atoms with van der Waals surface area (Å²) in [5.41, 5.74) is 1.09. The Hall–Kier alpha value is -2.70. The highest BCUT2D eigenvalue weighted by atomic mass is 32.2. The van der Waals surface area contributed by atoms with Crippen LogP contribution in [0.3, 0.4) is 0 Å². The molecule has 0 spiro atoms. The number of piperazine rings is 1. The molecule has 1 aromatic carbocycles. The second-order valence-electron chi connectivity index (χ2n) is 7.36. The summed E-state index contributed by atoms with van der Waals surface area (Å²) in [4.78, 5) is 13.7. The van der Waals surface area contributed by atoms with Gasteiger partial charge in [-0.3, -0.25) is 0 Å². The van der Waals surface area contributed by atoms with Gasteiger partial charge in [0.2, 0.25) is 16.0 Å². The van der Waals surface area contributed by atoms with E-state index in [4.69, 9.17) is 4.98 Å². The first kappa shape index (κ1) is 19.6. The average Bonchev–Trinajstić information content (AvgIpc) is 3.28. The van der Waals surface area contributed by atoms with Crippen LogP contribution in [-0.4, -0.2) is 62.0 Å². The molecule has 2 saturated heterocycles. The quantitative estimate of drug-likeness (QED) is 0.755. The number of benzene rings is 1. The molecular weight excluding hydrogens is 388 g/mol. The Morgan fingerprint density at radius 2 is 1.66 bits per heavy atom. The molecule has 0 atom stereocenters. The summed E-state index contributed by atoms with van der Waals surface area (Å²) in [5, 5.41) is 9.25. The number of anilines is 2. The molecule has 2 aliphatic heterocycles. The van der Waals surface area contributed by atoms with E-state index in [2.05, 4.69) is 9.88 Å². The fourth-order valence-electron chi connectivity index (χ4n) is 3.84. The van der Waals surface area contributed by atoms with Crippen molar-refractivity contribution < 1.29 is 8.42 Å². The van der Waals surface area contributed by atoms with E-state index in [-0.39, 0.29) is 10.5 Å². The van der Waals surface area contributed by atoms with E-state index in [1.807, 2.05) is 24.0 Å². The predicted octanol–water partition coefficient (Wildman–Crippen LogP) is 1.77. The maximum Gasteiger partial charge on any atom is 0.244 e. The standard InChI is InChI=1S/C20H24N6O2S/c1-16-14-19(24-8-4-5-9-24)23-20(22-16)25-10-12-26(13-11-25)29(27,28)18-7-3-2-6-17(18)15-21/h2-3,6-7,14H,4-5,8-13H2,1H3. The van der Waals surface area contributed by atoms with Gasteiger partial charge in [-0.15, -0.1) is 0 Å². The number of sulfonamides is 1. The number of aromatic nitrogens is 2. The van der Waals surface area contributed by atoms with Crippen LogP contribution in [0.25, 0.3) is 0 Å². The fourth-order valence-corrected chi connectivity index (χ4v) is 5.40. The summed E-state index contributed by atoms with van der Waals surface area (Å²) in [6, 6.07) is 10.3. The molecule has 29 heavy (non-hydrogen) atoms. The zero-order chi connectivity index (χ0) is 20.4. The lowest BCUT2D eigenvalue weighted by Gasteiger charge is -2.34. The normalized spacial score (nSPS) is 18.1. The van der Waals surface area contributed by atoms with Crippen LogP contribution in [0.15, 0.2) is 35.2 Å². The first-order valence-corrected chi connectivity index (χ1v) is 11.3. The van der Waals surface area contributed by atoms with Crippen LogP contribution in [0, 0.1) is 18.3 Å². The molecule has 0 amide bonds. The van der Waals surface area contributed by atoms with Crippen molar-refractivity contribution in [3.05, 3.63) is 41.6 Å². The molecule has 0 unspecified atom stereocenters. The maximum atomic E-state index is 13.0. The van der Waals surface area contributed by atoms with Crippen molar-refractivity contribution in [2.24, 2.45) is 0 Å². The minimum absolute atomic E-state index is 0.0686. The number of aryl methyl sites for hydroxylation is 1. The highest BCUT2D eigenvalue weighted by molar-refractivity contribution is 7.89. The highest BCUT2D eigenvalue weighted by Crippen LogP contribution is 2.24. The van der Waals surface area contributed by atoms with Crippen LogP contribution < -0.4 is 9.80 Å². The summed E-state index contributed by atoms with van der Waals surface area (Å²) in [7, 11) is -3.70.